The van der Waals surface area contributed by atoms with Crippen LogP contribution in [0.2, 0.25) is 0 Å². The number of hydrogen-bond donors (Lipinski definition) is 2. The molecule has 0 saturated carbocycles. The van der Waals surface area contributed by atoms with Crippen molar-refractivity contribution in [2.75, 3.05) is 31.8 Å². The number of aliphatic imine (C=N–C) groups is 1. The van der Waals surface area contributed by atoms with E-state index in [4.69, 9.17) is 15.2 Å². The molecule has 0 unspecified atom stereocenters. The van der Waals surface area contributed by atoms with Gasteiger partial charge in [-0.15, -0.1) is 0 Å². The zero-order valence-electron chi connectivity index (χ0n) is 18.4. The molecular weight excluding hydrogens is 472 g/mol. The van der Waals surface area contributed by atoms with E-state index in [0.717, 1.165) is 12.3 Å². The Labute approximate surface area is 194 Å². The Bertz CT molecular complexity index is 1250. The summed E-state index contributed by atoms with van der Waals surface area (Å²) in [6, 6.07) is 3.73. The van der Waals surface area contributed by atoms with Crippen LogP contribution in [0.15, 0.2) is 35.6 Å². The number of fused-ring (bicyclic) bond motifs is 1. The number of amidine groups is 1. The molecule has 4 rings (SSSR count). The third-order valence-electron chi connectivity index (χ3n) is 6.03. The largest absolute Gasteiger partial charge is 0.474 e. The predicted octanol–water partition coefficient (Wildman–Crippen LogP) is 1.37. The molecule has 3 N–H and O–H groups in total. The molecular formula is C21H23F2N5O5S. The summed E-state index contributed by atoms with van der Waals surface area (Å²) in [6.07, 6.45) is 2.32. The van der Waals surface area contributed by atoms with Crippen LogP contribution in [0.5, 0.6) is 5.88 Å². The average Bonchev–Trinajstić information content (AvgIpc) is 3.24. The van der Waals surface area contributed by atoms with E-state index < -0.39 is 43.8 Å². The van der Waals surface area contributed by atoms with Gasteiger partial charge in [-0.05, 0) is 32.0 Å². The van der Waals surface area contributed by atoms with E-state index in [1.54, 1.807) is 0 Å². The maximum absolute atomic E-state index is 15.0. The van der Waals surface area contributed by atoms with Crippen molar-refractivity contribution in [3.63, 3.8) is 0 Å². The van der Waals surface area contributed by atoms with Crippen molar-refractivity contribution in [2.45, 2.75) is 29.4 Å². The van der Waals surface area contributed by atoms with Crippen LogP contribution < -0.4 is 15.8 Å². The fraction of sp³-hybridized carbons (Fsp3) is 0.429. The van der Waals surface area contributed by atoms with E-state index in [2.05, 4.69) is 20.3 Å². The number of ether oxygens (including phenoxy) is 2. The van der Waals surface area contributed by atoms with Crippen LogP contribution in [0.25, 0.3) is 0 Å². The molecule has 1 amide bonds. The summed E-state index contributed by atoms with van der Waals surface area (Å²) in [4.78, 5) is 24.8. The van der Waals surface area contributed by atoms with Crippen molar-refractivity contribution in [3.8, 4) is 5.88 Å². The molecule has 2 aromatic rings. The molecule has 0 radical (unpaired) electrons. The molecule has 182 valence electrons. The predicted molar refractivity (Wildman–Crippen MR) is 119 cm³/mol. The summed E-state index contributed by atoms with van der Waals surface area (Å²) in [5.41, 5.74) is 4.50. The minimum Gasteiger partial charge on any atom is -0.474 e. The van der Waals surface area contributed by atoms with Crippen LogP contribution in [0.1, 0.15) is 29.9 Å². The zero-order chi connectivity index (χ0) is 24.7. The fourth-order valence-electron chi connectivity index (χ4n) is 3.95. The number of nitrogens with zero attached hydrogens (tertiary/aromatic N) is 3. The van der Waals surface area contributed by atoms with Gasteiger partial charge in [-0.25, -0.2) is 27.2 Å². The molecule has 1 saturated heterocycles. The van der Waals surface area contributed by atoms with Crippen molar-refractivity contribution < 1.29 is 31.5 Å². The van der Waals surface area contributed by atoms with E-state index in [1.807, 2.05) is 0 Å². The van der Waals surface area contributed by atoms with Crippen molar-refractivity contribution in [1.82, 2.24) is 9.97 Å². The van der Waals surface area contributed by atoms with Gasteiger partial charge in [0, 0.05) is 11.3 Å². The van der Waals surface area contributed by atoms with Crippen LogP contribution in [0.4, 0.5) is 14.5 Å². The summed E-state index contributed by atoms with van der Waals surface area (Å²) in [5.74, 6) is -1.46. The third-order valence-corrected chi connectivity index (χ3v) is 8.93. The van der Waals surface area contributed by atoms with Gasteiger partial charge in [0.2, 0.25) is 5.88 Å². The first-order chi connectivity index (χ1) is 16.0. The maximum Gasteiger partial charge on any atom is 0.275 e. The van der Waals surface area contributed by atoms with Gasteiger partial charge in [0.15, 0.2) is 9.84 Å². The van der Waals surface area contributed by atoms with Gasteiger partial charge in [0.1, 0.15) is 46.2 Å². The number of carbonyl (C=O) groups excluding carboxylic acids is 1. The number of aromatic nitrogens is 2. The first-order valence-corrected chi connectivity index (χ1v) is 11.9. The Hall–Kier alpha value is -3.19. The number of carbonyl (C=O) groups is 1. The van der Waals surface area contributed by atoms with E-state index in [0.29, 0.717) is 0 Å². The highest BCUT2D eigenvalue weighted by molar-refractivity contribution is 7.94. The lowest BCUT2D eigenvalue weighted by molar-refractivity contribution is 0.102. The van der Waals surface area contributed by atoms with Crippen molar-refractivity contribution in [3.05, 3.63) is 47.7 Å². The summed E-state index contributed by atoms with van der Waals surface area (Å²) >= 11 is 0. The van der Waals surface area contributed by atoms with Gasteiger partial charge in [-0.1, -0.05) is 0 Å². The number of benzene rings is 1. The molecule has 1 fully saturated rings. The third kappa shape index (κ3) is 3.78. The number of hydrogen-bond acceptors (Lipinski definition) is 9. The molecule has 1 aromatic carbocycles. The summed E-state index contributed by atoms with van der Waals surface area (Å²) in [5, 5.41) is 1.43. The van der Waals surface area contributed by atoms with Crippen LogP contribution in [0.3, 0.4) is 0 Å². The average molecular weight is 496 g/mol. The molecule has 13 heteroatoms. The number of rotatable bonds is 6. The molecule has 34 heavy (non-hydrogen) atoms. The number of alkyl halides is 1. The maximum atomic E-state index is 15.0. The van der Waals surface area contributed by atoms with Crippen molar-refractivity contribution in [1.29, 1.82) is 0 Å². The van der Waals surface area contributed by atoms with Crippen molar-refractivity contribution >= 4 is 27.3 Å². The lowest BCUT2D eigenvalue weighted by Gasteiger charge is -2.41. The molecule has 2 aliphatic rings. The van der Waals surface area contributed by atoms with Gasteiger partial charge >= 0.3 is 0 Å². The van der Waals surface area contributed by atoms with Crippen LogP contribution in [0, 0.1) is 5.82 Å². The van der Waals surface area contributed by atoms with Crippen LogP contribution in [-0.2, 0) is 20.1 Å². The molecule has 0 bridgehead atoms. The fourth-order valence-corrected chi connectivity index (χ4v) is 6.03. The lowest BCUT2D eigenvalue weighted by atomic mass is 9.87. The van der Waals surface area contributed by atoms with Gasteiger partial charge < -0.3 is 20.5 Å². The lowest BCUT2D eigenvalue weighted by Crippen LogP contribution is -2.60. The SMILES string of the molecule is CC1(C)C(N)=N[C@@]2(c3cc(NC(=O)c4cnc(OCCF)cn4)ccc3F)COC[C@H]2S1(=O)=O. The minimum absolute atomic E-state index is 0.0570. The van der Waals surface area contributed by atoms with Crippen LogP contribution >= 0.6 is 0 Å². The van der Waals surface area contributed by atoms with Crippen LogP contribution in [-0.4, -0.2) is 66.6 Å². The molecule has 0 spiro atoms. The topological polar surface area (TPSA) is 146 Å². The van der Waals surface area contributed by atoms with E-state index in [9.17, 15) is 17.6 Å². The van der Waals surface area contributed by atoms with Gasteiger partial charge in [-0.2, -0.15) is 0 Å². The molecule has 1 aromatic heterocycles. The smallest absolute Gasteiger partial charge is 0.275 e. The number of sulfone groups is 1. The second-order valence-electron chi connectivity index (χ2n) is 8.41. The summed E-state index contributed by atoms with van der Waals surface area (Å²) in [6.45, 7) is 1.67. The second kappa shape index (κ2) is 8.55. The first kappa shape index (κ1) is 24.0. The monoisotopic (exact) mass is 495 g/mol. The molecule has 10 nitrogen and oxygen atoms in total. The Morgan fingerprint density at radius 3 is 2.76 bits per heavy atom. The van der Waals surface area contributed by atoms with Gasteiger partial charge in [-0.3, -0.25) is 9.79 Å². The van der Waals surface area contributed by atoms with E-state index >= 15 is 4.39 Å². The second-order valence-corrected chi connectivity index (χ2v) is 11.1. The molecule has 2 aliphatic heterocycles. The highest BCUT2D eigenvalue weighted by Gasteiger charge is 2.62. The zero-order valence-corrected chi connectivity index (χ0v) is 19.2. The number of nitrogens with one attached hydrogen (secondary N) is 1. The number of halogens is 2. The summed E-state index contributed by atoms with van der Waals surface area (Å²) < 4.78 is 62.8. The molecule has 2 atom stereocenters. The highest BCUT2D eigenvalue weighted by atomic mass is 32.2. The Morgan fingerprint density at radius 1 is 1.32 bits per heavy atom. The molecule has 3 heterocycles. The number of amides is 1. The van der Waals surface area contributed by atoms with Crippen molar-refractivity contribution in [2.24, 2.45) is 10.7 Å². The summed E-state index contributed by atoms with van der Waals surface area (Å²) in [7, 11) is -3.89. The minimum atomic E-state index is -3.89. The number of anilines is 1. The highest BCUT2D eigenvalue weighted by Crippen LogP contribution is 2.47. The first-order valence-electron chi connectivity index (χ1n) is 10.3. The van der Waals surface area contributed by atoms with Gasteiger partial charge in [0.05, 0.1) is 25.6 Å². The normalized spacial score (nSPS) is 24.7. The van der Waals surface area contributed by atoms with E-state index in [1.165, 1.54) is 32.2 Å². The standard InChI is InChI=1S/C21H23F2N5O5S/c1-20(2)19(24)28-21(11-32-10-16(21)34(20,30)31)13-7-12(3-4-14(13)23)27-18(29)15-8-26-17(9-25-15)33-6-5-22/h3-4,7-9,16H,5-6,10-11H2,1-2H3,(H2,24,28)(H,27,29)/t16-,21-/m1/s1. The van der Waals surface area contributed by atoms with Gasteiger partial charge in [0.25, 0.3) is 5.91 Å². The number of nitrogens with two attached hydrogens (primary N) is 1. The van der Waals surface area contributed by atoms with E-state index in [-0.39, 0.29) is 48.5 Å². The Kier molecular flexibility index (Phi) is 6.02. The molecule has 0 aliphatic carbocycles. The Balaban J connectivity index is 1.66. The Morgan fingerprint density at radius 2 is 2.09 bits per heavy atom. The quantitative estimate of drug-likeness (QED) is 0.611.